The van der Waals surface area contributed by atoms with E-state index < -0.39 is 24.2 Å². The third-order valence-electron chi connectivity index (χ3n) is 6.33. The van der Waals surface area contributed by atoms with Gasteiger partial charge in [-0.1, -0.05) is 54.6 Å². The number of amides is 1. The number of aliphatic hydroxyl groups is 1. The van der Waals surface area contributed by atoms with Crippen molar-refractivity contribution < 1.29 is 38.1 Å². The summed E-state index contributed by atoms with van der Waals surface area (Å²) in [6.07, 6.45) is -7.48. The summed E-state index contributed by atoms with van der Waals surface area (Å²) in [5.74, 6) is -1.90. The Labute approximate surface area is 225 Å². The summed E-state index contributed by atoms with van der Waals surface area (Å²) >= 11 is 0. The van der Waals surface area contributed by atoms with Crippen LogP contribution in [0.3, 0.4) is 0 Å². The SMILES string of the molecule is O=C(O)c1cccc(-c2cccc(NN=C3C(=O)N(c4ccc(C(O)C(F)(F)F)cc4)c4ccccc43)c2O)c1. The quantitative estimate of drug-likeness (QED) is 0.178. The van der Waals surface area contributed by atoms with E-state index in [0.717, 1.165) is 12.1 Å². The molecule has 1 aliphatic rings. The Balaban J connectivity index is 1.46. The number of nitrogens with zero attached hydrogens (tertiary/aromatic N) is 2. The molecule has 1 amide bonds. The Morgan fingerprint density at radius 2 is 1.57 bits per heavy atom. The van der Waals surface area contributed by atoms with Crippen LogP contribution in [0, 0.1) is 0 Å². The predicted molar refractivity (Wildman–Crippen MR) is 142 cm³/mol. The van der Waals surface area contributed by atoms with Crippen LogP contribution >= 0.6 is 0 Å². The maximum atomic E-state index is 13.4. The van der Waals surface area contributed by atoms with E-state index in [4.69, 9.17) is 0 Å². The highest BCUT2D eigenvalue weighted by Crippen LogP contribution is 2.39. The average Bonchev–Trinajstić information content (AvgIpc) is 3.22. The number of carboxylic acid groups (broad SMARTS) is 1. The van der Waals surface area contributed by atoms with Crippen molar-refractivity contribution >= 4 is 34.7 Å². The number of aromatic hydroxyl groups is 1. The van der Waals surface area contributed by atoms with Crippen molar-refractivity contribution in [3.63, 3.8) is 0 Å². The van der Waals surface area contributed by atoms with Crippen LogP contribution in [0.2, 0.25) is 0 Å². The maximum Gasteiger partial charge on any atom is 0.418 e. The minimum Gasteiger partial charge on any atom is -0.505 e. The topological polar surface area (TPSA) is 122 Å². The number of hydrazone groups is 1. The molecule has 8 nitrogen and oxygen atoms in total. The predicted octanol–water partition coefficient (Wildman–Crippen LogP) is 5.85. The van der Waals surface area contributed by atoms with Gasteiger partial charge in [-0.05, 0) is 47.5 Å². The Morgan fingerprint density at radius 3 is 2.27 bits per heavy atom. The first-order chi connectivity index (χ1) is 19.1. The molecule has 40 heavy (non-hydrogen) atoms. The summed E-state index contributed by atoms with van der Waals surface area (Å²) in [4.78, 5) is 26.1. The van der Waals surface area contributed by atoms with Crippen molar-refractivity contribution in [3.8, 4) is 16.9 Å². The fourth-order valence-corrected chi connectivity index (χ4v) is 4.36. The lowest BCUT2D eigenvalue weighted by Gasteiger charge is -2.19. The lowest BCUT2D eigenvalue weighted by molar-refractivity contribution is -0.206. The van der Waals surface area contributed by atoms with Crippen LogP contribution in [0.4, 0.5) is 30.2 Å². The molecule has 202 valence electrons. The van der Waals surface area contributed by atoms with E-state index in [9.17, 15) is 38.1 Å². The number of fused-ring (bicyclic) bond motifs is 1. The van der Waals surface area contributed by atoms with Gasteiger partial charge in [0.2, 0.25) is 0 Å². The van der Waals surface area contributed by atoms with Crippen LogP contribution in [0.5, 0.6) is 5.75 Å². The molecule has 0 aliphatic carbocycles. The molecule has 1 aliphatic heterocycles. The fraction of sp³-hybridized carbons (Fsp3) is 0.0690. The first kappa shape index (κ1) is 26.4. The van der Waals surface area contributed by atoms with Gasteiger partial charge in [-0.2, -0.15) is 18.3 Å². The highest BCUT2D eigenvalue weighted by molar-refractivity contribution is 6.55. The largest absolute Gasteiger partial charge is 0.505 e. The number of rotatable bonds is 6. The highest BCUT2D eigenvalue weighted by atomic mass is 19.4. The van der Waals surface area contributed by atoms with Crippen LogP contribution in [0.15, 0.2) is 96.1 Å². The Bertz CT molecular complexity index is 1650. The number of nitrogens with one attached hydrogen (secondary N) is 1. The third-order valence-corrected chi connectivity index (χ3v) is 6.33. The number of anilines is 3. The molecule has 4 aromatic carbocycles. The molecule has 0 saturated heterocycles. The number of alkyl halides is 3. The zero-order chi connectivity index (χ0) is 28.6. The van der Waals surface area contributed by atoms with Crippen LogP contribution in [-0.4, -0.2) is 39.1 Å². The van der Waals surface area contributed by atoms with Gasteiger partial charge in [0.1, 0.15) is 5.75 Å². The number of para-hydroxylation sites is 2. The smallest absolute Gasteiger partial charge is 0.418 e. The minimum absolute atomic E-state index is 0.00678. The molecule has 1 unspecified atom stereocenters. The van der Waals surface area contributed by atoms with Crippen molar-refractivity contribution in [2.24, 2.45) is 5.10 Å². The number of halogens is 3. The van der Waals surface area contributed by atoms with Crippen LogP contribution < -0.4 is 10.3 Å². The number of aliphatic hydroxyl groups excluding tert-OH is 1. The van der Waals surface area contributed by atoms with Gasteiger partial charge in [0.25, 0.3) is 5.91 Å². The summed E-state index contributed by atoms with van der Waals surface area (Å²) in [5.41, 5.74) is 4.49. The molecule has 0 spiro atoms. The molecule has 0 bridgehead atoms. The summed E-state index contributed by atoms with van der Waals surface area (Å²) in [7, 11) is 0. The molecule has 1 heterocycles. The number of aromatic carboxylic acids is 1. The second-order valence-corrected chi connectivity index (χ2v) is 8.85. The van der Waals surface area contributed by atoms with Crippen molar-refractivity contribution in [2.45, 2.75) is 12.3 Å². The van der Waals surface area contributed by atoms with E-state index in [-0.39, 0.29) is 34.0 Å². The third kappa shape index (κ3) is 4.85. The zero-order valence-electron chi connectivity index (χ0n) is 20.4. The summed E-state index contributed by atoms with van der Waals surface area (Å²) in [5, 5.41) is 33.9. The molecule has 0 aromatic heterocycles. The lowest BCUT2D eigenvalue weighted by atomic mass is 10.0. The average molecular weight is 547 g/mol. The van der Waals surface area contributed by atoms with Gasteiger partial charge in [0, 0.05) is 16.8 Å². The van der Waals surface area contributed by atoms with Crippen LogP contribution in [0.1, 0.15) is 27.6 Å². The van der Waals surface area contributed by atoms with E-state index >= 15 is 0 Å². The van der Waals surface area contributed by atoms with Gasteiger partial charge in [-0.15, -0.1) is 0 Å². The maximum absolute atomic E-state index is 13.4. The summed E-state index contributed by atoms with van der Waals surface area (Å²) in [6.45, 7) is 0. The Morgan fingerprint density at radius 1 is 0.900 bits per heavy atom. The molecule has 0 saturated carbocycles. The van der Waals surface area contributed by atoms with Gasteiger partial charge in [0.05, 0.1) is 16.9 Å². The van der Waals surface area contributed by atoms with Gasteiger partial charge in [-0.3, -0.25) is 15.1 Å². The summed E-state index contributed by atoms with van der Waals surface area (Å²) < 4.78 is 38.7. The van der Waals surface area contributed by atoms with Crippen molar-refractivity contribution in [1.29, 1.82) is 0 Å². The van der Waals surface area contributed by atoms with Gasteiger partial charge in [0.15, 0.2) is 11.8 Å². The molecule has 4 N–H and O–H groups in total. The molecule has 0 fully saturated rings. The van der Waals surface area contributed by atoms with E-state index in [1.165, 1.54) is 35.2 Å². The second kappa shape index (κ2) is 10.2. The molecular formula is C29H20F3N3O5. The van der Waals surface area contributed by atoms with Crippen LogP contribution in [-0.2, 0) is 4.79 Å². The first-order valence-electron chi connectivity index (χ1n) is 11.8. The number of carbonyl (C=O) groups is 2. The van der Waals surface area contributed by atoms with E-state index in [1.807, 2.05) is 0 Å². The normalized spacial score (nSPS) is 14.8. The Kier molecular flexibility index (Phi) is 6.74. The molecular weight excluding hydrogens is 527 g/mol. The molecule has 11 heteroatoms. The van der Waals surface area contributed by atoms with Gasteiger partial charge >= 0.3 is 12.1 Å². The fourth-order valence-electron chi connectivity index (χ4n) is 4.36. The van der Waals surface area contributed by atoms with Crippen LogP contribution in [0.25, 0.3) is 11.1 Å². The monoisotopic (exact) mass is 547 g/mol. The van der Waals surface area contributed by atoms with Gasteiger partial charge < -0.3 is 15.3 Å². The number of carbonyl (C=O) groups excluding carboxylic acids is 1. The van der Waals surface area contributed by atoms with Crippen molar-refractivity contribution in [3.05, 3.63) is 108 Å². The van der Waals surface area contributed by atoms with E-state index in [2.05, 4.69) is 10.5 Å². The Hall–Kier alpha value is -5.16. The standard InChI is InChI=1S/C29H20F3N3O5/c30-29(31,32)26(37)16-11-13-19(14-12-16)35-23-10-2-1-7-21(23)24(27(35)38)34-33-22-9-4-8-20(25(22)36)17-5-3-6-18(15-17)28(39)40/h1-15,26,33,36-37H,(H,39,40). The molecule has 5 rings (SSSR count). The number of hydrogen-bond acceptors (Lipinski definition) is 6. The molecule has 1 atom stereocenters. The number of phenols is 1. The first-order valence-corrected chi connectivity index (χ1v) is 11.8. The highest BCUT2D eigenvalue weighted by Gasteiger charge is 2.40. The minimum atomic E-state index is -4.83. The molecule has 4 aromatic rings. The lowest BCUT2D eigenvalue weighted by Crippen LogP contribution is -2.26. The van der Waals surface area contributed by atoms with E-state index in [1.54, 1.807) is 48.5 Å². The second-order valence-electron chi connectivity index (χ2n) is 8.85. The number of hydrogen-bond donors (Lipinski definition) is 4. The summed E-state index contributed by atoms with van der Waals surface area (Å²) in [6, 6.07) is 22.3. The molecule has 0 radical (unpaired) electrons. The number of benzene rings is 4. The van der Waals surface area contributed by atoms with E-state index in [0.29, 0.717) is 22.4 Å². The van der Waals surface area contributed by atoms with Crippen molar-refractivity contribution in [1.82, 2.24) is 0 Å². The van der Waals surface area contributed by atoms with Gasteiger partial charge in [-0.25, -0.2) is 4.79 Å². The van der Waals surface area contributed by atoms with Crippen molar-refractivity contribution in [2.75, 3.05) is 10.3 Å². The number of phenolic OH excluding ortho intramolecular Hbond substituents is 1. The number of carboxylic acids is 1. The zero-order valence-corrected chi connectivity index (χ0v) is 20.4.